The Morgan fingerprint density at radius 3 is 2.17 bits per heavy atom. The molecule has 0 heterocycles. The summed E-state index contributed by atoms with van der Waals surface area (Å²) in [4.78, 5) is 27.9. The Bertz CT molecular complexity index is 1010. The van der Waals surface area contributed by atoms with Crippen molar-refractivity contribution in [2.24, 2.45) is 11.7 Å². The minimum Gasteiger partial charge on any atom is -0.326 e. The summed E-state index contributed by atoms with van der Waals surface area (Å²) in [6.45, 7) is 4.65. The van der Waals surface area contributed by atoms with Crippen molar-refractivity contribution in [1.29, 1.82) is 0 Å². The molecule has 0 bridgehead atoms. The quantitative estimate of drug-likeness (QED) is 0.306. The Balaban J connectivity index is 0.000000625. The molecule has 3 aromatic rings. The smallest absolute Gasteiger partial charge is 0.231 e. The Morgan fingerprint density at radius 1 is 1.00 bits per heavy atom. The molecule has 2 amide bonds. The molecule has 3 rings (SSSR count). The maximum Gasteiger partial charge on any atom is 0.231 e. The molecule has 5 nitrogen and oxygen atoms in total. The molecule has 0 radical (unpaired) electrons. The molecule has 186 valence electrons. The molecule has 3 aromatic carbocycles. The number of nitrogens with one attached hydrogen (secondary N) is 1. The summed E-state index contributed by atoms with van der Waals surface area (Å²) in [5, 5.41) is 0.570. The van der Waals surface area contributed by atoms with Crippen molar-refractivity contribution in [3.8, 4) is 0 Å². The minimum absolute atomic E-state index is 0.0140. The standard InChI is InChI=1S/C22H28ClN3O2S.C6H6/c1-3-16(2)13-22(28)26(20-10-9-18(23)14-17(20)15-24)12-11-21(27)25-29-19-7-5-4-6-8-19;1-2-4-6-5-3-1/h4-10,14,16H,3,11-13,15,24H2,1-2H3,(H,25,27);1-6H. The SMILES string of the molecule is CCC(C)CC(=O)N(CCC(=O)NSc1ccccc1)c1ccc(Cl)cc1CN.c1ccccc1. The van der Waals surface area contributed by atoms with Crippen LogP contribution in [0.3, 0.4) is 0 Å². The number of halogens is 1. The van der Waals surface area contributed by atoms with Crippen molar-refractivity contribution in [3.05, 3.63) is 95.5 Å². The van der Waals surface area contributed by atoms with Gasteiger partial charge in [0.25, 0.3) is 0 Å². The molecule has 0 spiro atoms. The first-order chi connectivity index (χ1) is 16.9. The lowest BCUT2D eigenvalue weighted by Crippen LogP contribution is -2.36. The van der Waals surface area contributed by atoms with E-state index < -0.39 is 0 Å². The van der Waals surface area contributed by atoms with Crippen LogP contribution in [0.25, 0.3) is 0 Å². The van der Waals surface area contributed by atoms with Gasteiger partial charge >= 0.3 is 0 Å². The van der Waals surface area contributed by atoms with Gasteiger partial charge in [0.2, 0.25) is 11.8 Å². The van der Waals surface area contributed by atoms with Crippen molar-refractivity contribution in [1.82, 2.24) is 4.72 Å². The summed E-state index contributed by atoms with van der Waals surface area (Å²) in [5.41, 5.74) is 7.38. The average molecular weight is 512 g/mol. The van der Waals surface area contributed by atoms with Crippen LogP contribution in [0.5, 0.6) is 0 Å². The zero-order valence-electron chi connectivity index (χ0n) is 20.3. The fourth-order valence-corrected chi connectivity index (χ4v) is 3.99. The van der Waals surface area contributed by atoms with Gasteiger partial charge in [-0.3, -0.25) is 14.3 Å². The number of hydrogen-bond donors (Lipinski definition) is 2. The first kappa shape index (κ1) is 28.4. The molecule has 0 aliphatic rings. The van der Waals surface area contributed by atoms with E-state index in [4.69, 9.17) is 17.3 Å². The summed E-state index contributed by atoms with van der Waals surface area (Å²) in [6, 6.07) is 26.9. The van der Waals surface area contributed by atoms with Gasteiger partial charge in [0.05, 0.1) is 0 Å². The van der Waals surface area contributed by atoms with E-state index in [-0.39, 0.29) is 37.2 Å². The van der Waals surface area contributed by atoms with Gasteiger partial charge in [0.1, 0.15) is 0 Å². The number of carbonyl (C=O) groups excluding carboxylic acids is 2. The third-order valence-electron chi connectivity index (χ3n) is 5.33. The van der Waals surface area contributed by atoms with Crippen LogP contribution in [0.15, 0.2) is 89.8 Å². The molecule has 0 saturated heterocycles. The van der Waals surface area contributed by atoms with Gasteiger partial charge in [-0.2, -0.15) is 0 Å². The van der Waals surface area contributed by atoms with E-state index in [1.54, 1.807) is 23.1 Å². The first-order valence-electron chi connectivity index (χ1n) is 11.7. The third kappa shape index (κ3) is 10.6. The average Bonchev–Trinajstić information content (AvgIpc) is 2.90. The van der Waals surface area contributed by atoms with Crippen LogP contribution < -0.4 is 15.4 Å². The second-order valence-corrected chi connectivity index (χ2v) is 9.40. The lowest BCUT2D eigenvalue weighted by molar-refractivity contribution is -0.120. The maximum absolute atomic E-state index is 13.0. The largest absolute Gasteiger partial charge is 0.326 e. The van der Waals surface area contributed by atoms with Crippen molar-refractivity contribution in [3.63, 3.8) is 0 Å². The zero-order chi connectivity index (χ0) is 25.5. The normalized spacial score (nSPS) is 11.1. The lowest BCUT2D eigenvalue weighted by atomic mass is 10.0. The molecule has 1 unspecified atom stereocenters. The predicted molar refractivity (Wildman–Crippen MR) is 147 cm³/mol. The number of anilines is 1. The zero-order valence-corrected chi connectivity index (χ0v) is 21.9. The highest BCUT2D eigenvalue weighted by Crippen LogP contribution is 2.26. The number of nitrogens with two attached hydrogens (primary N) is 1. The van der Waals surface area contributed by atoms with Crippen LogP contribution in [0.2, 0.25) is 5.02 Å². The van der Waals surface area contributed by atoms with E-state index in [1.807, 2.05) is 73.7 Å². The van der Waals surface area contributed by atoms with Gasteiger partial charge in [-0.15, -0.1) is 0 Å². The first-order valence-corrected chi connectivity index (χ1v) is 12.9. The highest BCUT2D eigenvalue weighted by molar-refractivity contribution is 7.98. The predicted octanol–water partition coefficient (Wildman–Crippen LogP) is 6.47. The molecule has 3 N–H and O–H groups in total. The van der Waals surface area contributed by atoms with Crippen LogP contribution in [0, 0.1) is 5.92 Å². The summed E-state index contributed by atoms with van der Waals surface area (Å²) < 4.78 is 2.83. The van der Waals surface area contributed by atoms with E-state index in [9.17, 15) is 9.59 Å². The molecule has 0 saturated carbocycles. The fraction of sp³-hybridized carbons (Fsp3) is 0.286. The molecular formula is C28H34ClN3O2S. The van der Waals surface area contributed by atoms with Crippen molar-refractivity contribution < 1.29 is 9.59 Å². The molecular weight excluding hydrogens is 478 g/mol. The molecule has 1 atom stereocenters. The van der Waals surface area contributed by atoms with Crippen molar-refractivity contribution in [2.75, 3.05) is 11.4 Å². The lowest BCUT2D eigenvalue weighted by Gasteiger charge is -2.26. The fourth-order valence-electron chi connectivity index (χ4n) is 3.17. The second kappa shape index (κ2) is 16.0. The van der Waals surface area contributed by atoms with E-state index in [0.29, 0.717) is 17.1 Å². The summed E-state index contributed by atoms with van der Waals surface area (Å²) in [7, 11) is 0. The van der Waals surface area contributed by atoms with Crippen LogP contribution in [0.1, 0.15) is 38.7 Å². The van der Waals surface area contributed by atoms with Gasteiger partial charge in [-0.1, -0.05) is 86.5 Å². The highest BCUT2D eigenvalue weighted by Gasteiger charge is 2.21. The van der Waals surface area contributed by atoms with Crippen molar-refractivity contribution >= 4 is 41.1 Å². The number of hydrogen-bond acceptors (Lipinski definition) is 4. The number of benzene rings is 3. The van der Waals surface area contributed by atoms with E-state index in [1.165, 1.54) is 11.9 Å². The topological polar surface area (TPSA) is 75.4 Å². The summed E-state index contributed by atoms with van der Waals surface area (Å²) in [5.74, 6) is 0.115. The van der Waals surface area contributed by atoms with Gasteiger partial charge in [0, 0.05) is 41.5 Å². The number of amides is 2. The number of nitrogens with zero attached hydrogens (tertiary/aromatic N) is 1. The number of rotatable bonds is 10. The van der Waals surface area contributed by atoms with Gasteiger partial charge in [0.15, 0.2) is 0 Å². The Kier molecular flexibility index (Phi) is 13.0. The van der Waals surface area contributed by atoms with E-state index in [0.717, 1.165) is 16.9 Å². The Labute approximate surface area is 218 Å². The molecule has 0 aliphatic carbocycles. The molecule has 0 aliphatic heterocycles. The second-order valence-electron chi connectivity index (χ2n) is 8.09. The molecule has 0 aromatic heterocycles. The molecule has 0 fully saturated rings. The van der Waals surface area contributed by atoms with Gasteiger partial charge in [-0.25, -0.2) is 0 Å². The summed E-state index contributed by atoms with van der Waals surface area (Å²) >= 11 is 7.36. The maximum atomic E-state index is 13.0. The minimum atomic E-state index is -0.136. The number of carbonyl (C=O) groups is 2. The van der Waals surface area contributed by atoms with E-state index >= 15 is 0 Å². The van der Waals surface area contributed by atoms with Crippen LogP contribution >= 0.6 is 23.5 Å². The van der Waals surface area contributed by atoms with Gasteiger partial charge in [-0.05, 0) is 53.8 Å². The van der Waals surface area contributed by atoms with Crippen molar-refractivity contribution in [2.45, 2.75) is 44.6 Å². The Hall–Kier alpha value is -2.80. The van der Waals surface area contributed by atoms with E-state index in [2.05, 4.69) is 11.6 Å². The monoisotopic (exact) mass is 511 g/mol. The molecule has 35 heavy (non-hydrogen) atoms. The highest BCUT2D eigenvalue weighted by atomic mass is 35.5. The summed E-state index contributed by atoms with van der Waals surface area (Å²) in [6.07, 6.45) is 1.53. The van der Waals surface area contributed by atoms with Crippen LogP contribution in [-0.4, -0.2) is 18.4 Å². The van der Waals surface area contributed by atoms with Crippen LogP contribution in [0.4, 0.5) is 5.69 Å². The van der Waals surface area contributed by atoms with Gasteiger partial charge < -0.3 is 10.6 Å². The van der Waals surface area contributed by atoms with Crippen LogP contribution in [-0.2, 0) is 16.1 Å². The molecule has 7 heteroatoms. The third-order valence-corrected chi connectivity index (χ3v) is 6.40. The Morgan fingerprint density at radius 2 is 1.60 bits per heavy atom.